The van der Waals surface area contributed by atoms with Crippen LogP contribution >= 0.6 is 11.6 Å². The molecule has 0 amide bonds. The van der Waals surface area contributed by atoms with Crippen molar-refractivity contribution in [2.24, 2.45) is 0 Å². The summed E-state index contributed by atoms with van der Waals surface area (Å²) < 4.78 is 16.7. The van der Waals surface area contributed by atoms with Gasteiger partial charge in [-0.2, -0.15) is 0 Å². The highest BCUT2D eigenvalue weighted by Gasteiger charge is 2.14. The van der Waals surface area contributed by atoms with Crippen molar-refractivity contribution in [3.8, 4) is 0 Å². The van der Waals surface area contributed by atoms with Crippen LogP contribution in [0, 0.1) is 0 Å². The van der Waals surface area contributed by atoms with Crippen molar-refractivity contribution in [1.29, 1.82) is 0 Å². The van der Waals surface area contributed by atoms with E-state index < -0.39 is 10.8 Å². The number of ether oxygens (including phenoxy) is 1. The minimum Gasteiger partial charge on any atom is -0.380 e. The Morgan fingerprint density at radius 2 is 2.39 bits per heavy atom. The zero-order valence-electron chi connectivity index (χ0n) is 10.4. The van der Waals surface area contributed by atoms with Crippen molar-refractivity contribution < 1.29 is 8.95 Å². The van der Waals surface area contributed by atoms with Crippen LogP contribution in [0.4, 0.5) is 5.69 Å². The normalized spacial score (nSPS) is 21.6. The van der Waals surface area contributed by atoms with Gasteiger partial charge in [0.15, 0.2) is 0 Å². The van der Waals surface area contributed by atoms with Crippen molar-refractivity contribution in [1.82, 2.24) is 0 Å². The Bertz CT molecular complexity index is 433. The molecule has 0 aliphatic carbocycles. The molecule has 1 aromatic carbocycles. The molecule has 18 heavy (non-hydrogen) atoms. The highest BCUT2D eigenvalue weighted by atomic mass is 35.5. The van der Waals surface area contributed by atoms with Crippen molar-refractivity contribution in [2.45, 2.75) is 24.6 Å². The molecule has 5 heteroatoms. The van der Waals surface area contributed by atoms with Gasteiger partial charge in [-0.05, 0) is 36.6 Å². The predicted molar refractivity (Wildman–Crippen MR) is 76.7 cm³/mol. The first-order chi connectivity index (χ1) is 8.65. The lowest BCUT2D eigenvalue weighted by Gasteiger charge is -2.24. The summed E-state index contributed by atoms with van der Waals surface area (Å²) in [6.07, 6.45) is 3.90. The highest BCUT2D eigenvalue weighted by Crippen LogP contribution is 2.23. The Labute approximate surface area is 115 Å². The van der Waals surface area contributed by atoms with Gasteiger partial charge in [-0.3, -0.25) is 4.21 Å². The first-order valence-electron chi connectivity index (χ1n) is 6.08. The van der Waals surface area contributed by atoms with Gasteiger partial charge in [0.2, 0.25) is 0 Å². The van der Waals surface area contributed by atoms with Crippen LogP contribution in [0.2, 0.25) is 5.02 Å². The van der Waals surface area contributed by atoms with E-state index >= 15 is 0 Å². The third-order valence-electron chi connectivity index (χ3n) is 2.94. The molecule has 0 spiro atoms. The zero-order valence-corrected chi connectivity index (χ0v) is 12.0. The van der Waals surface area contributed by atoms with Crippen LogP contribution in [0.5, 0.6) is 0 Å². The molecule has 0 radical (unpaired) electrons. The second kappa shape index (κ2) is 6.55. The number of anilines is 1. The van der Waals surface area contributed by atoms with Crippen LogP contribution in [0.25, 0.3) is 0 Å². The van der Waals surface area contributed by atoms with Crippen molar-refractivity contribution in [2.75, 3.05) is 24.8 Å². The monoisotopic (exact) mass is 287 g/mol. The maximum atomic E-state index is 11.3. The number of rotatable bonds is 4. The predicted octanol–water partition coefficient (Wildman–Crippen LogP) is 2.81. The molecule has 0 aromatic heterocycles. The van der Waals surface area contributed by atoms with E-state index in [9.17, 15) is 4.21 Å². The van der Waals surface area contributed by atoms with Crippen molar-refractivity contribution in [3.05, 3.63) is 28.8 Å². The fourth-order valence-electron chi connectivity index (χ4n) is 2.08. The molecule has 1 aromatic rings. The number of benzene rings is 1. The van der Waals surface area contributed by atoms with Crippen LogP contribution in [-0.2, 0) is 21.3 Å². The Hall–Kier alpha value is -0.580. The molecule has 0 unspecified atom stereocenters. The third kappa shape index (κ3) is 3.97. The van der Waals surface area contributed by atoms with E-state index in [0.29, 0.717) is 16.8 Å². The second-order valence-electron chi connectivity index (χ2n) is 4.58. The Morgan fingerprint density at radius 1 is 1.56 bits per heavy atom. The van der Waals surface area contributed by atoms with Gasteiger partial charge in [0, 0.05) is 46.2 Å². The van der Waals surface area contributed by atoms with E-state index in [1.807, 2.05) is 18.2 Å². The summed E-state index contributed by atoms with van der Waals surface area (Å²) in [4.78, 5) is 0. The van der Waals surface area contributed by atoms with Crippen LogP contribution < -0.4 is 5.32 Å². The summed E-state index contributed by atoms with van der Waals surface area (Å²) in [6, 6.07) is 6.16. The minimum atomic E-state index is -0.879. The molecule has 0 saturated carbocycles. The number of nitrogens with one attached hydrogen (secondary N) is 1. The molecule has 1 aliphatic heterocycles. The van der Waals surface area contributed by atoms with Gasteiger partial charge in [-0.1, -0.05) is 11.6 Å². The van der Waals surface area contributed by atoms with E-state index in [1.165, 1.54) is 0 Å². The summed E-state index contributed by atoms with van der Waals surface area (Å²) in [5, 5.41) is 4.12. The SMILES string of the molecule is C[S@@](=O)Cc1cc(N[C@H]2CCCOC2)ccc1Cl. The molecule has 0 bridgehead atoms. The second-order valence-corrected chi connectivity index (χ2v) is 6.42. The van der Waals surface area contributed by atoms with Crippen LogP contribution in [0.1, 0.15) is 18.4 Å². The van der Waals surface area contributed by atoms with Crippen LogP contribution in [-0.4, -0.2) is 29.7 Å². The third-order valence-corrected chi connectivity index (χ3v) is 4.02. The lowest BCUT2D eigenvalue weighted by Crippen LogP contribution is -2.29. The van der Waals surface area contributed by atoms with Crippen molar-refractivity contribution in [3.63, 3.8) is 0 Å². The van der Waals surface area contributed by atoms with E-state index in [0.717, 1.165) is 37.3 Å². The summed E-state index contributed by atoms with van der Waals surface area (Å²) in [7, 11) is -0.879. The molecule has 100 valence electrons. The van der Waals surface area contributed by atoms with Gasteiger partial charge < -0.3 is 10.1 Å². The number of hydrogen-bond donors (Lipinski definition) is 1. The Balaban J connectivity index is 2.05. The first-order valence-corrected chi connectivity index (χ1v) is 8.18. The topological polar surface area (TPSA) is 38.3 Å². The lowest BCUT2D eigenvalue weighted by molar-refractivity contribution is 0.0876. The largest absolute Gasteiger partial charge is 0.380 e. The van der Waals surface area contributed by atoms with E-state index in [1.54, 1.807) is 6.26 Å². The molecule has 1 N–H and O–H groups in total. The van der Waals surface area contributed by atoms with E-state index in [4.69, 9.17) is 16.3 Å². The van der Waals surface area contributed by atoms with Gasteiger partial charge in [0.1, 0.15) is 0 Å². The lowest BCUT2D eigenvalue weighted by atomic mass is 10.1. The molecule has 3 nitrogen and oxygen atoms in total. The molecule has 2 atom stereocenters. The fraction of sp³-hybridized carbons (Fsp3) is 0.538. The van der Waals surface area contributed by atoms with Gasteiger partial charge in [-0.25, -0.2) is 0 Å². The van der Waals surface area contributed by atoms with Crippen molar-refractivity contribution >= 4 is 28.1 Å². The highest BCUT2D eigenvalue weighted by molar-refractivity contribution is 7.83. The maximum absolute atomic E-state index is 11.3. The zero-order chi connectivity index (χ0) is 13.0. The Morgan fingerprint density at radius 3 is 3.06 bits per heavy atom. The molecular formula is C13H18ClNO2S. The maximum Gasteiger partial charge on any atom is 0.0667 e. The smallest absolute Gasteiger partial charge is 0.0667 e. The molecule has 1 aliphatic rings. The molecule has 1 saturated heterocycles. The van der Waals surface area contributed by atoms with E-state index in [-0.39, 0.29) is 0 Å². The summed E-state index contributed by atoms with van der Waals surface area (Å²) >= 11 is 6.10. The standard InChI is InChI=1S/C13H18ClNO2S/c1-18(16)9-10-7-11(4-5-13(10)14)15-12-3-2-6-17-8-12/h4-5,7,12,15H,2-3,6,8-9H2,1H3/t12-,18+/m0/s1. The number of hydrogen-bond acceptors (Lipinski definition) is 3. The fourth-order valence-corrected chi connectivity index (χ4v) is 3.02. The molecule has 1 heterocycles. The average Bonchev–Trinajstić information content (AvgIpc) is 2.34. The van der Waals surface area contributed by atoms with Crippen LogP contribution in [0.3, 0.4) is 0 Å². The van der Waals surface area contributed by atoms with E-state index in [2.05, 4.69) is 5.32 Å². The number of halogens is 1. The minimum absolute atomic E-state index is 0.361. The summed E-state index contributed by atoms with van der Waals surface area (Å²) in [6.45, 7) is 1.61. The first kappa shape index (κ1) is 13.8. The summed E-state index contributed by atoms with van der Waals surface area (Å²) in [5.74, 6) is 0.496. The van der Waals surface area contributed by atoms with Gasteiger partial charge in [-0.15, -0.1) is 0 Å². The molecule has 1 fully saturated rings. The Kier molecular flexibility index (Phi) is 5.03. The van der Waals surface area contributed by atoms with Gasteiger partial charge >= 0.3 is 0 Å². The van der Waals surface area contributed by atoms with Gasteiger partial charge in [0.25, 0.3) is 0 Å². The average molecular weight is 288 g/mol. The van der Waals surface area contributed by atoms with Gasteiger partial charge in [0.05, 0.1) is 6.61 Å². The summed E-state index contributed by atoms with van der Waals surface area (Å²) in [5.41, 5.74) is 1.95. The quantitative estimate of drug-likeness (QED) is 0.925. The van der Waals surface area contributed by atoms with Crippen LogP contribution in [0.15, 0.2) is 18.2 Å². The molecule has 2 rings (SSSR count). The molecular weight excluding hydrogens is 270 g/mol.